The summed E-state index contributed by atoms with van der Waals surface area (Å²) in [6, 6.07) is 1.64. The molecule has 1 rings (SSSR count). The molecule has 0 bridgehead atoms. The van der Waals surface area contributed by atoms with E-state index in [9.17, 15) is 8.42 Å². The lowest BCUT2D eigenvalue weighted by Gasteiger charge is -2.09. The summed E-state index contributed by atoms with van der Waals surface area (Å²) in [5, 5.41) is 11.5. The van der Waals surface area contributed by atoms with E-state index in [2.05, 4.69) is 9.88 Å². The number of aliphatic hydroxyl groups excluding tert-OH is 1. The van der Waals surface area contributed by atoms with Crippen LogP contribution in [0.2, 0.25) is 0 Å². The third-order valence-corrected chi connectivity index (χ3v) is 3.67. The van der Waals surface area contributed by atoms with Crippen molar-refractivity contribution in [1.82, 2.24) is 9.88 Å². The Labute approximate surface area is 88.3 Å². The highest BCUT2D eigenvalue weighted by Gasteiger charge is 2.19. The Morgan fingerprint density at radius 2 is 2.33 bits per heavy atom. The van der Waals surface area contributed by atoms with Crippen LogP contribution in [-0.2, 0) is 16.6 Å². The minimum absolute atomic E-state index is 0.0491. The van der Waals surface area contributed by atoms with Crippen LogP contribution >= 0.6 is 0 Å². The van der Waals surface area contributed by atoms with E-state index in [1.54, 1.807) is 13.0 Å². The highest BCUT2D eigenvalue weighted by atomic mass is 32.2. The van der Waals surface area contributed by atoms with Gasteiger partial charge in [-0.3, -0.25) is 0 Å². The number of aryl methyl sites for hydroxylation is 1. The first-order valence-corrected chi connectivity index (χ1v) is 6.02. The van der Waals surface area contributed by atoms with Gasteiger partial charge in [-0.1, -0.05) is 5.16 Å². The average molecular weight is 234 g/mol. The fourth-order valence-corrected chi connectivity index (χ4v) is 1.74. The van der Waals surface area contributed by atoms with Gasteiger partial charge in [0.1, 0.15) is 0 Å². The molecule has 1 atom stereocenters. The van der Waals surface area contributed by atoms with Crippen molar-refractivity contribution in [3.63, 3.8) is 0 Å². The molecule has 0 saturated heterocycles. The Kier molecular flexibility index (Phi) is 3.83. The van der Waals surface area contributed by atoms with Gasteiger partial charge in [0.05, 0.1) is 24.1 Å². The van der Waals surface area contributed by atoms with Gasteiger partial charge in [0.25, 0.3) is 0 Å². The van der Waals surface area contributed by atoms with E-state index in [-0.39, 0.29) is 6.54 Å². The van der Waals surface area contributed by atoms with Crippen LogP contribution in [0, 0.1) is 6.92 Å². The van der Waals surface area contributed by atoms with Gasteiger partial charge in [-0.05, 0) is 13.8 Å². The first-order valence-electron chi connectivity index (χ1n) is 4.47. The first kappa shape index (κ1) is 12.2. The summed E-state index contributed by atoms with van der Waals surface area (Å²) in [6.45, 7) is 2.81. The van der Waals surface area contributed by atoms with Gasteiger partial charge in [-0.15, -0.1) is 0 Å². The number of nitrogens with zero attached hydrogens (tertiary/aromatic N) is 1. The molecular formula is C8H14N2O4S. The maximum atomic E-state index is 11.4. The van der Waals surface area contributed by atoms with Crippen molar-refractivity contribution in [3.05, 3.63) is 17.5 Å². The summed E-state index contributed by atoms with van der Waals surface area (Å²) >= 11 is 0. The van der Waals surface area contributed by atoms with Crippen LogP contribution in [0.4, 0.5) is 0 Å². The van der Waals surface area contributed by atoms with Crippen LogP contribution in [0.5, 0.6) is 0 Å². The quantitative estimate of drug-likeness (QED) is 0.735. The SMILES string of the molecule is Cc1cc(CNS(=O)(=O)C(C)CO)on1. The molecule has 0 aliphatic heterocycles. The molecule has 0 amide bonds. The van der Waals surface area contributed by atoms with Crippen LogP contribution in [-0.4, -0.2) is 30.5 Å². The number of sulfonamides is 1. The van der Waals surface area contributed by atoms with Crippen LogP contribution in [0.1, 0.15) is 18.4 Å². The molecule has 0 aliphatic rings. The van der Waals surface area contributed by atoms with E-state index < -0.39 is 21.9 Å². The van der Waals surface area contributed by atoms with Crippen LogP contribution in [0.25, 0.3) is 0 Å². The van der Waals surface area contributed by atoms with Gasteiger partial charge >= 0.3 is 0 Å². The van der Waals surface area contributed by atoms with E-state index in [1.807, 2.05) is 0 Å². The molecule has 1 aromatic heterocycles. The van der Waals surface area contributed by atoms with Crippen molar-refractivity contribution >= 4 is 10.0 Å². The lowest BCUT2D eigenvalue weighted by Crippen LogP contribution is -2.34. The van der Waals surface area contributed by atoms with Crippen LogP contribution < -0.4 is 4.72 Å². The molecule has 1 heterocycles. The Morgan fingerprint density at radius 1 is 1.67 bits per heavy atom. The largest absolute Gasteiger partial charge is 0.395 e. The molecule has 0 aliphatic carbocycles. The zero-order valence-corrected chi connectivity index (χ0v) is 9.41. The van der Waals surface area contributed by atoms with Crippen LogP contribution in [0.3, 0.4) is 0 Å². The Balaban J connectivity index is 2.57. The monoisotopic (exact) mass is 234 g/mol. The van der Waals surface area contributed by atoms with E-state index in [0.29, 0.717) is 11.5 Å². The first-order chi connectivity index (χ1) is 6.95. The molecule has 2 N–H and O–H groups in total. The molecule has 7 heteroatoms. The highest BCUT2D eigenvalue weighted by Crippen LogP contribution is 2.04. The maximum Gasteiger partial charge on any atom is 0.216 e. The summed E-state index contributed by atoms with van der Waals surface area (Å²) < 4.78 is 30.0. The number of hydrogen-bond donors (Lipinski definition) is 2. The fourth-order valence-electron chi connectivity index (χ4n) is 0.912. The van der Waals surface area contributed by atoms with E-state index >= 15 is 0 Å². The van der Waals surface area contributed by atoms with Crippen molar-refractivity contribution in [3.8, 4) is 0 Å². The summed E-state index contributed by atoms with van der Waals surface area (Å²) in [5.41, 5.74) is 0.694. The maximum absolute atomic E-state index is 11.4. The fraction of sp³-hybridized carbons (Fsp3) is 0.625. The van der Waals surface area contributed by atoms with Crippen molar-refractivity contribution in [1.29, 1.82) is 0 Å². The van der Waals surface area contributed by atoms with Gasteiger partial charge < -0.3 is 9.63 Å². The zero-order valence-electron chi connectivity index (χ0n) is 8.60. The van der Waals surface area contributed by atoms with E-state index in [4.69, 9.17) is 9.63 Å². The average Bonchev–Trinajstić information content (AvgIpc) is 2.60. The van der Waals surface area contributed by atoms with Gasteiger partial charge in [0.2, 0.25) is 10.0 Å². The smallest absolute Gasteiger partial charge is 0.216 e. The summed E-state index contributed by atoms with van der Waals surface area (Å²) in [6.07, 6.45) is 0. The second-order valence-corrected chi connectivity index (χ2v) is 5.48. The zero-order chi connectivity index (χ0) is 11.5. The molecule has 86 valence electrons. The molecule has 0 fully saturated rings. The third kappa shape index (κ3) is 3.29. The summed E-state index contributed by atoms with van der Waals surface area (Å²) in [7, 11) is -3.49. The summed E-state index contributed by atoms with van der Waals surface area (Å²) in [5.74, 6) is 0.446. The number of aliphatic hydroxyl groups is 1. The van der Waals surface area contributed by atoms with Crippen molar-refractivity contribution in [2.24, 2.45) is 0 Å². The van der Waals surface area contributed by atoms with Crippen molar-refractivity contribution < 1.29 is 18.0 Å². The molecule has 1 unspecified atom stereocenters. The molecule has 0 saturated carbocycles. The minimum atomic E-state index is -3.49. The molecule has 15 heavy (non-hydrogen) atoms. The number of hydrogen-bond acceptors (Lipinski definition) is 5. The lowest BCUT2D eigenvalue weighted by atomic mass is 10.4. The second kappa shape index (κ2) is 4.73. The third-order valence-electron chi connectivity index (χ3n) is 1.91. The van der Waals surface area contributed by atoms with E-state index in [0.717, 1.165) is 0 Å². The Morgan fingerprint density at radius 3 is 2.80 bits per heavy atom. The van der Waals surface area contributed by atoms with Gasteiger partial charge in [-0.25, -0.2) is 13.1 Å². The number of nitrogens with one attached hydrogen (secondary N) is 1. The minimum Gasteiger partial charge on any atom is -0.395 e. The Bertz CT molecular complexity index is 412. The predicted octanol–water partition coefficient (Wildman–Crippen LogP) is -0.217. The molecule has 1 aromatic rings. The normalized spacial score (nSPS) is 14.1. The molecule has 0 radical (unpaired) electrons. The molecule has 6 nitrogen and oxygen atoms in total. The molecular weight excluding hydrogens is 220 g/mol. The van der Waals surface area contributed by atoms with E-state index in [1.165, 1.54) is 6.92 Å². The van der Waals surface area contributed by atoms with Crippen molar-refractivity contribution in [2.75, 3.05) is 6.61 Å². The number of rotatable bonds is 5. The van der Waals surface area contributed by atoms with Gasteiger partial charge in [0.15, 0.2) is 5.76 Å². The topological polar surface area (TPSA) is 92.4 Å². The summed E-state index contributed by atoms with van der Waals surface area (Å²) in [4.78, 5) is 0. The van der Waals surface area contributed by atoms with Crippen LogP contribution in [0.15, 0.2) is 10.6 Å². The van der Waals surface area contributed by atoms with Crippen molar-refractivity contribution in [2.45, 2.75) is 25.6 Å². The molecule has 0 aromatic carbocycles. The van der Waals surface area contributed by atoms with Gasteiger partial charge in [0, 0.05) is 6.07 Å². The number of aromatic nitrogens is 1. The standard InChI is InChI=1S/C8H14N2O4S/c1-6-3-8(14-10-6)4-9-15(12,13)7(2)5-11/h3,7,9,11H,4-5H2,1-2H3. The Hall–Kier alpha value is -0.920. The molecule has 0 spiro atoms. The predicted molar refractivity (Wildman–Crippen MR) is 53.5 cm³/mol. The second-order valence-electron chi connectivity index (χ2n) is 3.29. The van der Waals surface area contributed by atoms with Gasteiger partial charge in [-0.2, -0.15) is 0 Å². The highest BCUT2D eigenvalue weighted by molar-refractivity contribution is 7.90. The lowest BCUT2D eigenvalue weighted by molar-refractivity contribution is 0.294.